The van der Waals surface area contributed by atoms with E-state index in [1.165, 1.54) is 4.40 Å². The molecule has 1 aliphatic carbocycles. The molecule has 4 aromatic rings. The van der Waals surface area contributed by atoms with Gasteiger partial charge in [0.2, 0.25) is 0 Å². The van der Waals surface area contributed by atoms with Crippen molar-refractivity contribution in [2.75, 3.05) is 5.32 Å². The average Bonchev–Trinajstić information content (AvgIpc) is 3.38. The average molecular weight is 456 g/mol. The Morgan fingerprint density at radius 1 is 1.06 bits per heavy atom. The molecule has 0 radical (unpaired) electrons. The molecule has 1 saturated carbocycles. The van der Waals surface area contributed by atoms with Gasteiger partial charge in [-0.2, -0.15) is 13.2 Å². The lowest BCUT2D eigenvalue weighted by Gasteiger charge is -2.30. The van der Waals surface area contributed by atoms with E-state index in [0.717, 1.165) is 48.7 Å². The van der Waals surface area contributed by atoms with Crippen LogP contribution in [-0.4, -0.2) is 37.3 Å². The van der Waals surface area contributed by atoms with E-state index in [2.05, 4.69) is 25.6 Å². The Balaban J connectivity index is 1.23. The second-order valence-electron chi connectivity index (χ2n) is 8.45. The fourth-order valence-corrected chi connectivity index (χ4v) is 4.46. The lowest BCUT2D eigenvalue weighted by Crippen LogP contribution is -2.40. The Labute approximate surface area is 187 Å². The number of nitrogens with one attached hydrogen (secondary N) is 3. The van der Waals surface area contributed by atoms with Crippen molar-refractivity contribution in [3.8, 4) is 0 Å². The van der Waals surface area contributed by atoms with E-state index in [-0.39, 0.29) is 23.6 Å². The van der Waals surface area contributed by atoms with Crippen molar-refractivity contribution in [2.24, 2.45) is 0 Å². The largest absolute Gasteiger partial charge is 0.434 e. The molecule has 3 heterocycles. The molecule has 10 heteroatoms. The van der Waals surface area contributed by atoms with E-state index in [1.807, 2.05) is 19.1 Å². The predicted octanol–water partition coefficient (Wildman–Crippen LogP) is 4.69. The zero-order valence-corrected chi connectivity index (χ0v) is 17.9. The van der Waals surface area contributed by atoms with Crippen molar-refractivity contribution >= 4 is 28.4 Å². The molecule has 7 nitrogen and oxygen atoms in total. The number of aromatic amines is 1. The SMILES string of the molecule is Cc1nc2cccc(C(=O)NC3CCC(Nc4cccc5nc(C(F)(F)F)cn45)CC3)c2[nH]1. The number of aryl methyl sites for hydroxylation is 1. The zero-order valence-electron chi connectivity index (χ0n) is 17.9. The van der Waals surface area contributed by atoms with Crippen LogP contribution in [0, 0.1) is 6.92 Å². The first kappa shape index (κ1) is 21.3. The first-order chi connectivity index (χ1) is 15.8. The molecule has 1 fully saturated rings. The summed E-state index contributed by atoms with van der Waals surface area (Å²) in [6.45, 7) is 1.85. The number of fused-ring (bicyclic) bond motifs is 2. The lowest BCUT2D eigenvalue weighted by atomic mass is 9.91. The topological polar surface area (TPSA) is 87.1 Å². The van der Waals surface area contributed by atoms with Gasteiger partial charge in [-0.3, -0.25) is 9.20 Å². The van der Waals surface area contributed by atoms with Crippen LogP contribution in [0.3, 0.4) is 0 Å². The summed E-state index contributed by atoms with van der Waals surface area (Å²) < 4.78 is 40.5. The number of hydrogen-bond donors (Lipinski definition) is 3. The number of H-pyrrole nitrogens is 1. The predicted molar refractivity (Wildman–Crippen MR) is 118 cm³/mol. The standard InChI is InChI=1S/C23H23F3N6O/c1-13-27-17-5-2-4-16(21(17)28-13)22(33)30-15-10-8-14(9-11-15)29-19-6-3-7-20-31-18(12-32(19)20)23(24,25)26/h2-7,12,14-15,29H,8-11H2,1H3,(H,27,28)(H,30,33). The molecule has 1 aromatic carbocycles. The van der Waals surface area contributed by atoms with E-state index in [0.29, 0.717) is 11.4 Å². The van der Waals surface area contributed by atoms with Crippen molar-refractivity contribution in [3.63, 3.8) is 0 Å². The number of alkyl halides is 3. The number of rotatable bonds is 4. The second-order valence-corrected chi connectivity index (χ2v) is 8.45. The van der Waals surface area contributed by atoms with Crippen molar-refractivity contribution < 1.29 is 18.0 Å². The van der Waals surface area contributed by atoms with Gasteiger partial charge in [-0.1, -0.05) is 12.1 Å². The molecule has 1 aliphatic rings. The Kier molecular flexibility index (Phi) is 5.22. The third-order valence-electron chi connectivity index (χ3n) is 6.08. The number of amides is 1. The number of anilines is 1. The summed E-state index contributed by atoms with van der Waals surface area (Å²) in [5.41, 5.74) is 1.40. The number of benzene rings is 1. The molecule has 3 N–H and O–H groups in total. The Hall–Kier alpha value is -3.56. The third-order valence-corrected chi connectivity index (χ3v) is 6.08. The molecule has 3 aromatic heterocycles. The van der Waals surface area contributed by atoms with E-state index in [1.54, 1.807) is 24.3 Å². The van der Waals surface area contributed by atoms with Gasteiger partial charge in [-0.25, -0.2) is 9.97 Å². The van der Waals surface area contributed by atoms with Gasteiger partial charge in [-0.05, 0) is 56.9 Å². The third kappa shape index (κ3) is 4.24. The summed E-state index contributed by atoms with van der Waals surface area (Å²) in [5.74, 6) is 1.19. The minimum Gasteiger partial charge on any atom is -0.368 e. The molecule has 0 bridgehead atoms. The summed E-state index contributed by atoms with van der Waals surface area (Å²) in [5, 5.41) is 6.47. The highest BCUT2D eigenvalue weighted by Crippen LogP contribution is 2.30. The molecule has 0 aliphatic heterocycles. The minimum absolute atomic E-state index is 0.0377. The van der Waals surface area contributed by atoms with Crippen LogP contribution in [0.4, 0.5) is 19.0 Å². The van der Waals surface area contributed by atoms with Gasteiger partial charge in [0.1, 0.15) is 17.3 Å². The van der Waals surface area contributed by atoms with E-state index in [4.69, 9.17) is 0 Å². The van der Waals surface area contributed by atoms with E-state index in [9.17, 15) is 18.0 Å². The molecule has 0 spiro atoms. The normalized spacial score (nSPS) is 19.2. The van der Waals surface area contributed by atoms with Crippen molar-refractivity contribution in [3.05, 3.63) is 59.7 Å². The lowest BCUT2D eigenvalue weighted by molar-refractivity contribution is -0.140. The first-order valence-electron chi connectivity index (χ1n) is 10.9. The van der Waals surface area contributed by atoms with Crippen LogP contribution in [0.5, 0.6) is 0 Å². The molecule has 0 saturated heterocycles. The Bertz CT molecular complexity index is 1320. The minimum atomic E-state index is -4.49. The fraction of sp³-hybridized carbons (Fsp3) is 0.348. The van der Waals surface area contributed by atoms with Crippen LogP contribution >= 0.6 is 0 Å². The van der Waals surface area contributed by atoms with Gasteiger partial charge in [0.25, 0.3) is 5.91 Å². The van der Waals surface area contributed by atoms with Crippen LogP contribution in [0.15, 0.2) is 42.6 Å². The van der Waals surface area contributed by atoms with Crippen LogP contribution in [0.1, 0.15) is 47.6 Å². The Morgan fingerprint density at radius 3 is 2.55 bits per heavy atom. The summed E-state index contributed by atoms with van der Waals surface area (Å²) >= 11 is 0. The number of aromatic nitrogens is 4. The maximum Gasteiger partial charge on any atom is 0.434 e. The maximum absolute atomic E-state index is 13.0. The highest BCUT2D eigenvalue weighted by Gasteiger charge is 2.34. The first-order valence-corrected chi connectivity index (χ1v) is 10.9. The Morgan fingerprint density at radius 2 is 1.79 bits per heavy atom. The molecular weight excluding hydrogens is 433 g/mol. The summed E-state index contributed by atoms with van der Waals surface area (Å²) in [6.07, 6.45) is -0.352. The smallest absolute Gasteiger partial charge is 0.368 e. The van der Waals surface area contributed by atoms with Gasteiger partial charge < -0.3 is 15.6 Å². The van der Waals surface area contributed by atoms with E-state index >= 15 is 0 Å². The van der Waals surface area contributed by atoms with E-state index < -0.39 is 11.9 Å². The van der Waals surface area contributed by atoms with Crippen molar-refractivity contribution in [1.29, 1.82) is 0 Å². The van der Waals surface area contributed by atoms with Crippen LogP contribution in [-0.2, 0) is 6.18 Å². The van der Waals surface area contributed by atoms with Crippen LogP contribution < -0.4 is 10.6 Å². The number of carbonyl (C=O) groups excluding carboxylic acids is 1. The number of para-hydroxylation sites is 1. The number of carbonyl (C=O) groups is 1. The number of halogens is 3. The number of imidazole rings is 2. The van der Waals surface area contributed by atoms with Gasteiger partial charge in [0.05, 0.1) is 16.6 Å². The monoisotopic (exact) mass is 456 g/mol. The van der Waals surface area contributed by atoms with Gasteiger partial charge >= 0.3 is 6.18 Å². The molecule has 1 amide bonds. The maximum atomic E-state index is 13.0. The van der Waals surface area contributed by atoms with Gasteiger partial charge in [-0.15, -0.1) is 0 Å². The highest BCUT2D eigenvalue weighted by molar-refractivity contribution is 6.05. The van der Waals surface area contributed by atoms with Crippen LogP contribution in [0.25, 0.3) is 16.7 Å². The molecule has 33 heavy (non-hydrogen) atoms. The second kappa shape index (κ2) is 8.09. The molecule has 0 atom stereocenters. The summed E-state index contributed by atoms with van der Waals surface area (Å²) in [6, 6.07) is 10.6. The van der Waals surface area contributed by atoms with Crippen LogP contribution in [0.2, 0.25) is 0 Å². The molecule has 0 unspecified atom stereocenters. The zero-order chi connectivity index (χ0) is 23.2. The molecule has 5 rings (SSSR count). The molecular formula is C23H23F3N6O. The number of hydrogen-bond acceptors (Lipinski definition) is 4. The van der Waals surface area contributed by atoms with Gasteiger partial charge in [0.15, 0.2) is 5.69 Å². The molecule has 172 valence electrons. The number of pyridine rings is 1. The fourth-order valence-electron chi connectivity index (χ4n) is 4.46. The van der Waals surface area contributed by atoms with Crippen molar-refractivity contribution in [2.45, 2.75) is 50.9 Å². The quantitative estimate of drug-likeness (QED) is 0.416. The van der Waals surface area contributed by atoms with Gasteiger partial charge in [0, 0.05) is 18.3 Å². The summed E-state index contributed by atoms with van der Waals surface area (Å²) in [4.78, 5) is 24.1. The summed E-state index contributed by atoms with van der Waals surface area (Å²) in [7, 11) is 0. The van der Waals surface area contributed by atoms with Crippen molar-refractivity contribution in [1.82, 2.24) is 24.7 Å². The highest BCUT2D eigenvalue weighted by atomic mass is 19.4. The number of nitrogens with zero attached hydrogens (tertiary/aromatic N) is 3.